The van der Waals surface area contributed by atoms with Crippen LogP contribution in [0.2, 0.25) is 6.32 Å². The second-order valence-electron chi connectivity index (χ2n) is 0.707. The molecule has 2 heteroatoms. The zero-order valence-corrected chi connectivity index (χ0v) is 2.71. The number of hydrogen-bond donors (Lipinski definition) is 0. The van der Waals surface area contributed by atoms with E-state index in [1.54, 1.807) is 0 Å². The number of hydrogen-bond acceptors (Lipinski definition) is 0. The van der Waals surface area contributed by atoms with E-state index in [0.29, 0.717) is 0 Å². The molecule has 0 nitrogen and oxygen atoms in total. The van der Waals surface area contributed by atoms with Crippen molar-refractivity contribution in [3.8, 4) is 0 Å². The van der Waals surface area contributed by atoms with Gasteiger partial charge in [0.1, 0.15) is 7.85 Å². The van der Waals surface area contributed by atoms with Gasteiger partial charge in [-0.15, -0.1) is 0 Å². The topological polar surface area (TPSA) is 0 Å². The van der Waals surface area contributed by atoms with Gasteiger partial charge in [0, 0.05) is 0 Å². The molecular formula is C2H8BNa. The molecule has 0 N–H and O–H groups in total. The average molecular weight is 65.9 g/mol. The molecule has 0 rings (SSSR count). The van der Waals surface area contributed by atoms with E-state index >= 15 is 0 Å². The van der Waals surface area contributed by atoms with E-state index in [-0.39, 0.29) is 29.6 Å². The molecule has 0 saturated heterocycles. The maximum atomic E-state index is 2.12. The molecule has 0 atom stereocenters. The molecule has 0 heterocycles. The average Bonchev–Trinajstić information content (AvgIpc) is 0.918. The van der Waals surface area contributed by atoms with Crippen LogP contribution in [0.25, 0.3) is 0 Å². The molecule has 0 fully saturated rings. The van der Waals surface area contributed by atoms with Crippen molar-refractivity contribution >= 4 is 37.4 Å². The van der Waals surface area contributed by atoms with Gasteiger partial charge in [0.15, 0.2) is 0 Å². The Morgan fingerprint density at radius 1 is 1.75 bits per heavy atom. The van der Waals surface area contributed by atoms with Gasteiger partial charge in [-0.2, -0.15) is 0 Å². The fourth-order valence-electron chi connectivity index (χ4n) is 0. The van der Waals surface area contributed by atoms with E-state index in [4.69, 9.17) is 0 Å². The summed E-state index contributed by atoms with van der Waals surface area (Å²) in [6.07, 6.45) is 1.25. The minimum atomic E-state index is 0. The first-order valence-corrected chi connectivity index (χ1v) is 1.41. The Balaban J connectivity index is 0. The Labute approximate surface area is 50.7 Å². The van der Waals surface area contributed by atoms with Crippen LogP contribution in [0.1, 0.15) is 6.92 Å². The fourth-order valence-corrected chi connectivity index (χ4v) is 0. The normalized spacial score (nSPS) is 4.25. The second-order valence-corrected chi connectivity index (χ2v) is 0.707. The Kier molecular flexibility index (Phi) is 19.9. The summed E-state index contributed by atoms with van der Waals surface area (Å²) in [6, 6.07) is 0. The van der Waals surface area contributed by atoms with Crippen molar-refractivity contribution in [2.24, 2.45) is 0 Å². The van der Waals surface area contributed by atoms with Crippen molar-refractivity contribution in [2.75, 3.05) is 0 Å². The predicted molar refractivity (Wildman–Crippen MR) is 26.2 cm³/mol. The molecule has 0 aliphatic rings. The molecule has 0 aliphatic heterocycles. The van der Waals surface area contributed by atoms with Crippen LogP contribution in [0, 0.1) is 0 Å². The molecule has 0 radical (unpaired) electrons. The third kappa shape index (κ3) is 11.5. The number of rotatable bonds is 0. The second kappa shape index (κ2) is 8.96. The van der Waals surface area contributed by atoms with Gasteiger partial charge in [0.2, 0.25) is 0 Å². The van der Waals surface area contributed by atoms with E-state index in [9.17, 15) is 0 Å². The third-order valence-electron chi connectivity index (χ3n) is 0. The standard InChI is InChI=1S/C2H7B.Na.H/c1-2-3;;/h2-3H2,1H3;;. The van der Waals surface area contributed by atoms with E-state index in [1.165, 1.54) is 6.32 Å². The maximum absolute atomic E-state index is 2.12. The summed E-state index contributed by atoms with van der Waals surface area (Å²) in [6.45, 7) is 2.12. The van der Waals surface area contributed by atoms with Crippen LogP contribution in [0.3, 0.4) is 0 Å². The monoisotopic (exact) mass is 66.1 g/mol. The van der Waals surface area contributed by atoms with Gasteiger partial charge in [-0.3, -0.25) is 0 Å². The first kappa shape index (κ1) is 8.91. The van der Waals surface area contributed by atoms with E-state index < -0.39 is 0 Å². The van der Waals surface area contributed by atoms with Crippen molar-refractivity contribution in [3.05, 3.63) is 0 Å². The molecule has 0 aromatic rings. The molecule has 0 aromatic heterocycles. The van der Waals surface area contributed by atoms with Gasteiger partial charge in [0.05, 0.1) is 0 Å². The summed E-state index contributed by atoms with van der Waals surface area (Å²) in [5.74, 6) is 0. The van der Waals surface area contributed by atoms with Crippen LogP contribution in [-0.2, 0) is 0 Å². The molecule has 0 spiro atoms. The van der Waals surface area contributed by atoms with Gasteiger partial charge >= 0.3 is 29.6 Å². The van der Waals surface area contributed by atoms with Crippen molar-refractivity contribution in [3.63, 3.8) is 0 Å². The molecule has 0 unspecified atom stereocenters. The SMILES string of the molecule is BCC.[NaH]. The van der Waals surface area contributed by atoms with Crippen LogP contribution in [0.5, 0.6) is 0 Å². The summed E-state index contributed by atoms with van der Waals surface area (Å²) in [5.41, 5.74) is 0. The molecule has 0 bridgehead atoms. The molecule has 0 aliphatic carbocycles. The van der Waals surface area contributed by atoms with E-state index in [1.807, 2.05) is 0 Å². The van der Waals surface area contributed by atoms with Crippen LogP contribution in [0.4, 0.5) is 0 Å². The van der Waals surface area contributed by atoms with Crippen LogP contribution < -0.4 is 0 Å². The van der Waals surface area contributed by atoms with Crippen molar-refractivity contribution in [1.29, 1.82) is 0 Å². The van der Waals surface area contributed by atoms with Gasteiger partial charge in [0.25, 0.3) is 0 Å². The van der Waals surface area contributed by atoms with Gasteiger partial charge in [-0.05, 0) is 0 Å². The molecule has 4 heavy (non-hydrogen) atoms. The summed E-state index contributed by atoms with van der Waals surface area (Å²) < 4.78 is 0. The quantitative estimate of drug-likeness (QED) is 0.331. The summed E-state index contributed by atoms with van der Waals surface area (Å²) in [7, 11) is 2.12. The zero-order valence-electron chi connectivity index (χ0n) is 2.71. The van der Waals surface area contributed by atoms with Gasteiger partial charge in [-0.25, -0.2) is 0 Å². The summed E-state index contributed by atoms with van der Waals surface area (Å²) in [4.78, 5) is 0. The zero-order chi connectivity index (χ0) is 2.71. The van der Waals surface area contributed by atoms with Crippen molar-refractivity contribution in [2.45, 2.75) is 13.2 Å². The Hall–Kier alpha value is 1.06. The minimum absolute atomic E-state index is 0. The Bertz CT molecular complexity index is 6.00. The van der Waals surface area contributed by atoms with Crippen molar-refractivity contribution in [1.82, 2.24) is 0 Å². The first-order valence-electron chi connectivity index (χ1n) is 1.41. The molecular weight excluding hydrogens is 57.8 g/mol. The Morgan fingerprint density at radius 2 is 1.75 bits per heavy atom. The Morgan fingerprint density at radius 3 is 1.75 bits per heavy atom. The molecule has 20 valence electrons. The van der Waals surface area contributed by atoms with Crippen LogP contribution >= 0.6 is 0 Å². The van der Waals surface area contributed by atoms with Gasteiger partial charge < -0.3 is 0 Å². The summed E-state index contributed by atoms with van der Waals surface area (Å²) in [5, 5.41) is 0. The van der Waals surface area contributed by atoms with E-state index in [2.05, 4.69) is 14.8 Å². The fraction of sp³-hybridized carbons (Fsp3) is 1.00. The third-order valence-corrected chi connectivity index (χ3v) is 0. The first-order chi connectivity index (χ1) is 1.41. The van der Waals surface area contributed by atoms with Crippen LogP contribution in [-0.4, -0.2) is 37.4 Å². The molecule has 0 saturated carbocycles. The summed E-state index contributed by atoms with van der Waals surface area (Å²) >= 11 is 0. The van der Waals surface area contributed by atoms with Crippen LogP contribution in [0.15, 0.2) is 0 Å². The predicted octanol–water partition coefficient (Wildman–Crippen LogP) is -0.591. The molecule has 0 amide bonds. The molecule has 0 aromatic carbocycles. The van der Waals surface area contributed by atoms with Gasteiger partial charge in [-0.1, -0.05) is 13.2 Å². The van der Waals surface area contributed by atoms with E-state index in [0.717, 1.165) is 0 Å². The van der Waals surface area contributed by atoms with Crippen molar-refractivity contribution < 1.29 is 0 Å².